The van der Waals surface area contributed by atoms with E-state index in [0.29, 0.717) is 0 Å². The van der Waals surface area contributed by atoms with Crippen LogP contribution in [0.25, 0.3) is 22.0 Å². The molecule has 1 N–H and O–H groups in total. The monoisotopic (exact) mass is 338 g/mol. The number of rotatable bonds is 2. The van der Waals surface area contributed by atoms with Crippen LogP contribution in [0.1, 0.15) is 16.7 Å². The number of hydrogen-bond acceptors (Lipinski definition) is 1. The summed E-state index contributed by atoms with van der Waals surface area (Å²) in [6, 6.07) is 23.0. The fraction of sp³-hybridized carbons (Fsp3) is 0. The molecule has 0 atom stereocenters. The van der Waals surface area contributed by atoms with Crippen molar-refractivity contribution in [3.63, 3.8) is 0 Å². The summed E-state index contributed by atoms with van der Waals surface area (Å²) < 4.78 is 13.5. The maximum absolute atomic E-state index is 13.5. The van der Waals surface area contributed by atoms with Crippen LogP contribution < -0.4 is 0 Å². The van der Waals surface area contributed by atoms with Crippen LogP contribution in [-0.2, 0) is 0 Å². The number of fused-ring (bicyclic) bond motifs is 2. The van der Waals surface area contributed by atoms with E-state index in [-0.39, 0.29) is 5.82 Å². The summed E-state index contributed by atoms with van der Waals surface area (Å²) in [5.41, 5.74) is 7.29. The molecule has 0 amide bonds. The van der Waals surface area contributed by atoms with E-state index in [0.717, 1.165) is 44.4 Å². The topological polar surface area (TPSA) is 28.1 Å². The van der Waals surface area contributed by atoms with Gasteiger partial charge >= 0.3 is 0 Å². The van der Waals surface area contributed by atoms with Crippen LogP contribution >= 0.6 is 0 Å². The van der Waals surface area contributed by atoms with E-state index in [2.05, 4.69) is 28.2 Å². The van der Waals surface area contributed by atoms with Gasteiger partial charge in [-0.25, -0.2) is 4.39 Å². The van der Waals surface area contributed by atoms with Crippen LogP contribution in [0.5, 0.6) is 0 Å². The van der Waals surface area contributed by atoms with Crippen LogP contribution in [0.3, 0.4) is 0 Å². The highest BCUT2D eigenvalue weighted by Gasteiger charge is 2.20. The van der Waals surface area contributed by atoms with E-state index >= 15 is 0 Å². The van der Waals surface area contributed by atoms with Gasteiger partial charge in [0.25, 0.3) is 0 Å². The fourth-order valence-corrected chi connectivity index (χ4v) is 3.57. The van der Waals surface area contributed by atoms with Gasteiger partial charge in [0, 0.05) is 45.6 Å². The third kappa shape index (κ3) is 2.29. The van der Waals surface area contributed by atoms with Crippen molar-refractivity contribution in [3.05, 3.63) is 102 Å². The summed E-state index contributed by atoms with van der Waals surface area (Å²) in [6.07, 6.45) is 3.93. The van der Waals surface area contributed by atoms with Gasteiger partial charge in [0.15, 0.2) is 0 Å². The molecule has 1 aromatic heterocycles. The molecule has 0 fully saturated rings. The number of allylic oxidation sites excluding steroid dienone is 1. The minimum Gasteiger partial charge on any atom is -0.361 e. The number of para-hydroxylation sites is 2. The molecule has 5 rings (SSSR count). The lowest BCUT2D eigenvalue weighted by Gasteiger charge is -2.12. The molecule has 0 radical (unpaired) electrons. The Bertz CT molecular complexity index is 1180. The molecule has 0 bridgehead atoms. The summed E-state index contributed by atoms with van der Waals surface area (Å²) in [4.78, 5) is 7.91. The lowest BCUT2D eigenvalue weighted by Crippen LogP contribution is -1.94. The number of H-pyrrole nitrogens is 1. The summed E-state index contributed by atoms with van der Waals surface area (Å²) in [5.74, 6) is -0.238. The van der Waals surface area contributed by atoms with E-state index in [1.54, 1.807) is 0 Å². The third-order valence-electron chi connectivity index (χ3n) is 4.79. The minimum atomic E-state index is -0.238. The number of hydrogen-bond donors (Lipinski definition) is 1. The van der Waals surface area contributed by atoms with Crippen molar-refractivity contribution in [2.45, 2.75) is 0 Å². The number of aromatic nitrogens is 1. The molecule has 0 saturated carbocycles. The van der Waals surface area contributed by atoms with Gasteiger partial charge in [-0.2, -0.15) is 0 Å². The van der Waals surface area contributed by atoms with Gasteiger partial charge in [-0.05, 0) is 29.8 Å². The fourth-order valence-electron chi connectivity index (χ4n) is 3.57. The number of aromatic amines is 1. The van der Waals surface area contributed by atoms with Crippen LogP contribution in [0.15, 0.2) is 84.0 Å². The Balaban J connectivity index is 1.85. The molecule has 3 aromatic carbocycles. The SMILES string of the molecule is Fc1ccc(/C(=C2/C=Nc3ccccc32)c2c[nH]c3ccccc23)cc1. The third-order valence-corrected chi connectivity index (χ3v) is 4.79. The molecule has 1 aliphatic rings. The zero-order valence-corrected chi connectivity index (χ0v) is 13.9. The number of nitrogens with one attached hydrogen (secondary N) is 1. The van der Waals surface area contributed by atoms with Gasteiger partial charge in [-0.15, -0.1) is 0 Å². The molecule has 0 aliphatic carbocycles. The molecule has 0 unspecified atom stereocenters. The van der Waals surface area contributed by atoms with Crippen molar-refractivity contribution in [1.82, 2.24) is 4.98 Å². The Morgan fingerprint density at radius 2 is 1.62 bits per heavy atom. The molecular weight excluding hydrogens is 323 g/mol. The lowest BCUT2D eigenvalue weighted by atomic mass is 9.90. The van der Waals surface area contributed by atoms with E-state index in [1.165, 1.54) is 12.1 Å². The van der Waals surface area contributed by atoms with Gasteiger partial charge < -0.3 is 4.98 Å². The van der Waals surface area contributed by atoms with E-state index < -0.39 is 0 Å². The second kappa shape index (κ2) is 5.81. The molecule has 26 heavy (non-hydrogen) atoms. The lowest BCUT2D eigenvalue weighted by molar-refractivity contribution is 0.627. The highest BCUT2D eigenvalue weighted by molar-refractivity contribution is 6.27. The number of halogens is 1. The predicted molar refractivity (Wildman–Crippen MR) is 105 cm³/mol. The Morgan fingerprint density at radius 3 is 2.50 bits per heavy atom. The average molecular weight is 338 g/mol. The van der Waals surface area contributed by atoms with Gasteiger partial charge in [-0.1, -0.05) is 48.5 Å². The highest BCUT2D eigenvalue weighted by Crippen LogP contribution is 2.40. The summed E-state index contributed by atoms with van der Waals surface area (Å²) in [7, 11) is 0. The van der Waals surface area contributed by atoms with Crippen LogP contribution in [0.4, 0.5) is 10.1 Å². The van der Waals surface area contributed by atoms with Gasteiger partial charge in [0.2, 0.25) is 0 Å². The maximum atomic E-state index is 13.5. The van der Waals surface area contributed by atoms with Crippen molar-refractivity contribution in [3.8, 4) is 0 Å². The second-order valence-corrected chi connectivity index (χ2v) is 6.32. The van der Waals surface area contributed by atoms with Crippen LogP contribution in [-0.4, -0.2) is 11.2 Å². The molecule has 4 aromatic rings. The normalized spacial score (nSPS) is 14.7. The second-order valence-electron chi connectivity index (χ2n) is 6.32. The minimum absolute atomic E-state index is 0.238. The summed E-state index contributed by atoms with van der Waals surface area (Å²) >= 11 is 0. The van der Waals surface area contributed by atoms with Crippen LogP contribution in [0, 0.1) is 5.82 Å². The molecule has 1 aliphatic heterocycles. The van der Waals surface area contributed by atoms with Crippen LogP contribution in [0.2, 0.25) is 0 Å². The first kappa shape index (κ1) is 14.8. The van der Waals surface area contributed by atoms with Crippen molar-refractivity contribution in [2.75, 3.05) is 0 Å². The Kier molecular flexibility index (Phi) is 3.32. The van der Waals surface area contributed by atoms with Gasteiger partial charge in [0.1, 0.15) is 5.82 Å². The molecule has 2 heterocycles. The number of aliphatic imine (C=N–C) groups is 1. The maximum Gasteiger partial charge on any atom is 0.123 e. The number of nitrogens with zero attached hydrogens (tertiary/aromatic N) is 1. The largest absolute Gasteiger partial charge is 0.361 e. The zero-order valence-electron chi connectivity index (χ0n) is 13.9. The van der Waals surface area contributed by atoms with E-state index in [9.17, 15) is 4.39 Å². The predicted octanol–water partition coefficient (Wildman–Crippen LogP) is 5.98. The van der Waals surface area contributed by atoms with E-state index in [4.69, 9.17) is 0 Å². The van der Waals surface area contributed by atoms with Gasteiger partial charge in [0.05, 0.1) is 5.69 Å². The quantitative estimate of drug-likeness (QED) is 0.465. The van der Waals surface area contributed by atoms with Crippen molar-refractivity contribution in [2.24, 2.45) is 4.99 Å². The first-order chi connectivity index (χ1) is 12.8. The summed E-state index contributed by atoms with van der Waals surface area (Å²) in [5, 5.41) is 1.14. The van der Waals surface area contributed by atoms with E-state index in [1.807, 2.05) is 54.9 Å². The van der Waals surface area contributed by atoms with Gasteiger partial charge in [-0.3, -0.25) is 4.99 Å². The van der Waals surface area contributed by atoms with Crippen molar-refractivity contribution >= 4 is 34.0 Å². The first-order valence-corrected chi connectivity index (χ1v) is 8.51. The Labute approximate surface area is 150 Å². The standard InChI is InChI=1S/C23H15FN2/c24-16-11-9-15(10-12-16)23(19-13-25-21-7-3-1-5-17(19)21)20-14-26-22-8-4-2-6-18(20)22/h1-14,25H/b23-20+. The highest BCUT2D eigenvalue weighted by atomic mass is 19.1. The molecule has 0 saturated heterocycles. The first-order valence-electron chi connectivity index (χ1n) is 8.51. The molecule has 3 heteroatoms. The van der Waals surface area contributed by atoms with Crippen molar-refractivity contribution < 1.29 is 4.39 Å². The number of benzene rings is 3. The Hall–Kier alpha value is -3.46. The molecule has 124 valence electrons. The van der Waals surface area contributed by atoms with Crippen molar-refractivity contribution in [1.29, 1.82) is 0 Å². The summed E-state index contributed by atoms with van der Waals surface area (Å²) in [6.45, 7) is 0. The molecule has 2 nitrogen and oxygen atoms in total. The zero-order chi connectivity index (χ0) is 17.5. The molecule has 0 spiro atoms. The average Bonchev–Trinajstić information content (AvgIpc) is 3.29. The molecular formula is C23H15FN2. The smallest absolute Gasteiger partial charge is 0.123 e. The Morgan fingerprint density at radius 1 is 0.846 bits per heavy atom.